The van der Waals surface area contributed by atoms with Crippen LogP contribution in [0.4, 0.5) is 0 Å². The fourth-order valence-corrected chi connectivity index (χ4v) is 2.56. The van der Waals surface area contributed by atoms with Gasteiger partial charge >= 0.3 is 17.9 Å². The molecule has 0 aromatic carbocycles. The Morgan fingerprint density at radius 1 is 0.758 bits per heavy atom. The van der Waals surface area contributed by atoms with Crippen molar-refractivity contribution in [3.63, 3.8) is 0 Å². The molecule has 0 atom stereocenters. The van der Waals surface area contributed by atoms with Crippen LogP contribution in [0.25, 0.3) is 10.4 Å². The minimum absolute atomic E-state index is 0.136. The van der Waals surface area contributed by atoms with E-state index in [9.17, 15) is 19.2 Å². The van der Waals surface area contributed by atoms with E-state index in [0.29, 0.717) is 25.8 Å². The molecule has 4 N–H and O–H groups in total. The quantitative estimate of drug-likeness (QED) is 0.0756. The van der Waals surface area contributed by atoms with E-state index < -0.39 is 23.4 Å². The van der Waals surface area contributed by atoms with Crippen molar-refractivity contribution in [2.45, 2.75) is 50.5 Å². The van der Waals surface area contributed by atoms with E-state index in [1.54, 1.807) is 0 Å². The highest BCUT2D eigenvalue weighted by atomic mass is 16.5. The van der Waals surface area contributed by atoms with Crippen LogP contribution < -0.4 is 5.32 Å². The van der Waals surface area contributed by atoms with Gasteiger partial charge in [0.2, 0.25) is 5.91 Å². The Labute approximate surface area is 190 Å². The number of ether oxygens (including phenoxy) is 3. The lowest BCUT2D eigenvalue weighted by atomic mass is 10.0. The van der Waals surface area contributed by atoms with Gasteiger partial charge in [0.1, 0.15) is 5.54 Å². The average Bonchev–Trinajstić information content (AvgIpc) is 2.74. The van der Waals surface area contributed by atoms with Crippen LogP contribution in [0.2, 0.25) is 0 Å². The molecule has 14 nitrogen and oxygen atoms in total. The van der Waals surface area contributed by atoms with Crippen LogP contribution in [0.1, 0.15) is 44.9 Å². The van der Waals surface area contributed by atoms with Crippen molar-refractivity contribution < 1.29 is 48.7 Å². The first-order valence-electron chi connectivity index (χ1n) is 10.4. The second-order valence-corrected chi connectivity index (χ2v) is 7.18. The van der Waals surface area contributed by atoms with Crippen LogP contribution in [0.3, 0.4) is 0 Å². The van der Waals surface area contributed by atoms with Gasteiger partial charge in [-0.1, -0.05) is 11.5 Å². The number of unbranched alkanes of at least 4 members (excludes halogenated alkanes) is 2. The molecule has 0 radical (unpaired) electrons. The highest BCUT2D eigenvalue weighted by Crippen LogP contribution is 2.12. The zero-order chi connectivity index (χ0) is 25.0. The smallest absolute Gasteiger partial charge is 0.305 e. The third kappa shape index (κ3) is 18.4. The van der Waals surface area contributed by atoms with Crippen molar-refractivity contribution in [3.05, 3.63) is 10.4 Å². The maximum absolute atomic E-state index is 12.5. The van der Waals surface area contributed by atoms with Gasteiger partial charge in [0.25, 0.3) is 0 Å². The molecule has 0 heterocycles. The number of nitrogens with one attached hydrogen (secondary N) is 1. The summed E-state index contributed by atoms with van der Waals surface area (Å²) < 4.78 is 16.2. The van der Waals surface area contributed by atoms with E-state index in [0.717, 1.165) is 0 Å². The summed E-state index contributed by atoms with van der Waals surface area (Å²) in [5.41, 5.74) is 6.98. The second-order valence-electron chi connectivity index (χ2n) is 7.18. The van der Waals surface area contributed by atoms with Gasteiger partial charge in [0.15, 0.2) is 0 Å². The van der Waals surface area contributed by atoms with E-state index in [4.69, 9.17) is 35.1 Å². The number of carbonyl (C=O) groups excluding carboxylic acids is 1. The fourth-order valence-electron chi connectivity index (χ4n) is 2.56. The number of azide groups is 1. The van der Waals surface area contributed by atoms with Crippen LogP contribution in [0.5, 0.6) is 0 Å². The van der Waals surface area contributed by atoms with Crippen LogP contribution in [-0.4, -0.2) is 90.9 Å². The van der Waals surface area contributed by atoms with Gasteiger partial charge in [0, 0.05) is 17.9 Å². The van der Waals surface area contributed by atoms with Gasteiger partial charge in [-0.25, -0.2) is 0 Å². The summed E-state index contributed by atoms with van der Waals surface area (Å²) in [6.07, 6.45) is 1.12. The molecule has 1 amide bonds. The average molecular weight is 476 g/mol. The zero-order valence-corrected chi connectivity index (χ0v) is 18.4. The molecule has 0 aliphatic heterocycles. The number of carboxylic acid groups (broad SMARTS) is 3. The summed E-state index contributed by atoms with van der Waals surface area (Å²) in [6, 6.07) is 0. The first-order valence-corrected chi connectivity index (χ1v) is 10.4. The molecule has 0 aliphatic rings. The van der Waals surface area contributed by atoms with Crippen molar-refractivity contribution in [3.8, 4) is 0 Å². The van der Waals surface area contributed by atoms with E-state index in [1.165, 1.54) is 0 Å². The molecule has 0 aromatic heterocycles. The molecule has 14 heteroatoms. The molecule has 0 saturated carbocycles. The fraction of sp³-hybridized carbons (Fsp3) is 0.789. The minimum atomic E-state index is -1.28. The molecule has 0 aromatic rings. The number of hydrogen-bond donors (Lipinski definition) is 4. The van der Waals surface area contributed by atoms with E-state index in [1.807, 2.05) is 0 Å². The highest BCUT2D eigenvalue weighted by Gasteiger charge is 2.33. The van der Waals surface area contributed by atoms with Gasteiger partial charge < -0.3 is 34.8 Å². The van der Waals surface area contributed by atoms with Crippen molar-refractivity contribution in [2.24, 2.45) is 5.11 Å². The number of carboxylic acids is 3. The second kappa shape index (κ2) is 18.6. The maximum Gasteiger partial charge on any atom is 0.305 e. The first kappa shape index (κ1) is 30.1. The number of amides is 1. The van der Waals surface area contributed by atoms with Crippen molar-refractivity contribution >= 4 is 23.8 Å². The van der Waals surface area contributed by atoms with Gasteiger partial charge in [-0.2, -0.15) is 0 Å². The van der Waals surface area contributed by atoms with E-state index in [-0.39, 0.29) is 71.2 Å². The molecule has 0 unspecified atom stereocenters. The number of aliphatic carboxylic acids is 3. The molecular weight excluding hydrogens is 444 g/mol. The molecule has 0 spiro atoms. The van der Waals surface area contributed by atoms with Crippen molar-refractivity contribution in [1.29, 1.82) is 0 Å². The van der Waals surface area contributed by atoms with Gasteiger partial charge in [-0.05, 0) is 18.4 Å². The lowest BCUT2D eigenvalue weighted by molar-refractivity contribution is -0.140. The summed E-state index contributed by atoms with van der Waals surface area (Å²) in [5, 5.41) is 32.5. The molecule has 0 saturated heterocycles. The molecule has 0 aliphatic carbocycles. The highest BCUT2D eigenvalue weighted by molar-refractivity contribution is 5.76. The van der Waals surface area contributed by atoms with Gasteiger partial charge in [-0.15, -0.1) is 0 Å². The monoisotopic (exact) mass is 476 g/mol. The number of hydrogen-bond acceptors (Lipinski definition) is 8. The molecule has 0 bridgehead atoms. The zero-order valence-electron chi connectivity index (χ0n) is 18.4. The van der Waals surface area contributed by atoms with Crippen molar-refractivity contribution in [1.82, 2.24) is 5.32 Å². The number of rotatable bonds is 22. The van der Waals surface area contributed by atoms with Crippen LogP contribution in [-0.2, 0) is 33.4 Å². The predicted molar refractivity (Wildman–Crippen MR) is 113 cm³/mol. The Balaban J connectivity index is 5.09. The summed E-state index contributed by atoms with van der Waals surface area (Å²) in [7, 11) is 0. The summed E-state index contributed by atoms with van der Waals surface area (Å²) in [6.45, 7) is -0.673. The predicted octanol–water partition coefficient (Wildman–Crippen LogP) is 1.19. The van der Waals surface area contributed by atoms with Crippen LogP contribution in [0, 0.1) is 0 Å². The Hall–Kier alpha value is -2.93. The third-order valence-electron chi connectivity index (χ3n) is 4.15. The maximum atomic E-state index is 12.5. The van der Waals surface area contributed by atoms with Crippen LogP contribution in [0.15, 0.2) is 5.11 Å². The third-order valence-corrected chi connectivity index (χ3v) is 4.15. The lowest BCUT2D eigenvalue weighted by Gasteiger charge is -2.34. The van der Waals surface area contributed by atoms with E-state index in [2.05, 4.69) is 15.3 Å². The molecule has 0 rings (SSSR count). The molecular formula is C19H32N4O10. The Morgan fingerprint density at radius 3 is 1.61 bits per heavy atom. The normalized spacial score (nSPS) is 10.9. The first-order chi connectivity index (χ1) is 15.7. The van der Waals surface area contributed by atoms with Gasteiger partial charge in [-0.3, -0.25) is 19.2 Å². The summed E-state index contributed by atoms with van der Waals surface area (Å²) >= 11 is 0. The lowest BCUT2D eigenvalue weighted by Crippen LogP contribution is -2.58. The van der Waals surface area contributed by atoms with E-state index >= 15 is 0 Å². The largest absolute Gasteiger partial charge is 0.481 e. The molecule has 188 valence electrons. The minimum Gasteiger partial charge on any atom is -0.481 e. The number of carbonyl (C=O) groups is 4. The SMILES string of the molecule is [N-]=[N+]=NCCCCCC(=O)NC(COCCC(=O)O)(COCCC(=O)O)COCCC(=O)O. The Bertz CT molecular complexity index is 612. The topological polar surface area (TPSA) is 217 Å². The summed E-state index contributed by atoms with van der Waals surface area (Å²) in [4.78, 5) is 47.4. The summed E-state index contributed by atoms with van der Waals surface area (Å²) in [5.74, 6) is -3.58. The number of nitrogens with zero attached hydrogens (tertiary/aromatic N) is 3. The molecule has 0 fully saturated rings. The van der Waals surface area contributed by atoms with Crippen molar-refractivity contribution in [2.75, 3.05) is 46.2 Å². The Kier molecular flexibility index (Phi) is 17.0. The standard InChI is InChI=1S/C19H32N4O10/c20-23-21-8-3-1-2-4-15(24)22-19(12-31-9-5-16(25)26,13-32-10-6-17(27)28)14-33-11-7-18(29)30/h1-14H2,(H,22,24)(H,25,26)(H,27,28)(H,29,30). The molecule has 33 heavy (non-hydrogen) atoms. The Morgan fingerprint density at radius 2 is 1.21 bits per heavy atom. The van der Waals surface area contributed by atoms with Gasteiger partial charge in [0.05, 0.1) is 58.9 Å². The van der Waals surface area contributed by atoms with Crippen LogP contribution >= 0.6 is 0 Å².